The van der Waals surface area contributed by atoms with E-state index in [-0.39, 0.29) is 6.42 Å². The third-order valence-electron chi connectivity index (χ3n) is 2.59. The molecule has 5 heteroatoms. The van der Waals surface area contributed by atoms with E-state index in [1.807, 2.05) is 23.9 Å². The molecule has 1 saturated heterocycles. The Labute approximate surface area is 110 Å². The molecule has 1 heterocycles. The summed E-state index contributed by atoms with van der Waals surface area (Å²) in [7, 11) is 0. The number of carboxylic acids is 1. The molecule has 18 heavy (non-hydrogen) atoms. The molecule has 1 aliphatic heterocycles. The van der Waals surface area contributed by atoms with E-state index < -0.39 is 5.97 Å². The number of rotatable bonds is 7. The Bertz CT molecular complexity index is 386. The predicted octanol–water partition coefficient (Wildman–Crippen LogP) is 1.82. The Balaban J connectivity index is 1.67. The number of benzene rings is 1. The molecule has 1 N–H and O–H groups in total. The van der Waals surface area contributed by atoms with Crippen molar-refractivity contribution >= 4 is 17.7 Å². The van der Waals surface area contributed by atoms with E-state index in [0.717, 1.165) is 30.3 Å². The number of carbonyl (C=O) groups is 1. The molecule has 1 aromatic carbocycles. The van der Waals surface area contributed by atoms with Gasteiger partial charge >= 0.3 is 5.97 Å². The van der Waals surface area contributed by atoms with Gasteiger partial charge in [-0.15, -0.1) is 0 Å². The summed E-state index contributed by atoms with van der Waals surface area (Å²) in [4.78, 5) is 10.5. The van der Waals surface area contributed by atoms with Gasteiger partial charge < -0.3 is 14.6 Å². The molecule has 1 fully saturated rings. The number of carboxylic acid groups (broad SMARTS) is 1. The highest BCUT2D eigenvalue weighted by molar-refractivity contribution is 8.00. The molecule has 2 rings (SSSR count). The minimum absolute atomic E-state index is 0.0534. The Morgan fingerprint density at radius 1 is 1.39 bits per heavy atom. The second kappa shape index (κ2) is 6.66. The predicted molar refractivity (Wildman–Crippen MR) is 70.3 cm³/mol. The molecule has 1 aromatic rings. The molecular weight excluding hydrogens is 252 g/mol. The quantitative estimate of drug-likeness (QED) is 0.765. The molecule has 0 atom stereocenters. The van der Waals surface area contributed by atoms with Crippen LogP contribution in [0.5, 0.6) is 5.75 Å². The summed E-state index contributed by atoms with van der Waals surface area (Å²) in [6.45, 7) is 2.38. The lowest BCUT2D eigenvalue weighted by Crippen LogP contribution is -2.31. The first kappa shape index (κ1) is 13.2. The fourth-order valence-corrected chi connectivity index (χ4v) is 2.46. The van der Waals surface area contributed by atoms with Crippen LogP contribution in [0.4, 0.5) is 0 Å². The summed E-state index contributed by atoms with van der Waals surface area (Å²) in [5, 5.41) is 9.28. The van der Waals surface area contributed by atoms with Gasteiger partial charge in [0, 0.05) is 5.75 Å². The van der Waals surface area contributed by atoms with Gasteiger partial charge in [-0.1, -0.05) is 12.1 Å². The van der Waals surface area contributed by atoms with Crippen LogP contribution in [0.3, 0.4) is 0 Å². The first-order chi connectivity index (χ1) is 8.74. The van der Waals surface area contributed by atoms with E-state index >= 15 is 0 Å². The van der Waals surface area contributed by atoms with Crippen LogP contribution in [0.1, 0.15) is 5.56 Å². The Kier molecular flexibility index (Phi) is 4.90. The van der Waals surface area contributed by atoms with Crippen molar-refractivity contribution in [3.63, 3.8) is 0 Å². The monoisotopic (exact) mass is 268 g/mol. The fourth-order valence-electron chi connectivity index (χ4n) is 1.56. The number of thioether (sulfide) groups is 1. The van der Waals surface area contributed by atoms with Gasteiger partial charge in [0.05, 0.1) is 31.5 Å². The number of ether oxygens (including phenoxy) is 2. The van der Waals surface area contributed by atoms with Gasteiger partial charge in [0.1, 0.15) is 5.75 Å². The molecule has 0 radical (unpaired) electrons. The van der Waals surface area contributed by atoms with Crippen molar-refractivity contribution < 1.29 is 19.4 Å². The maximum absolute atomic E-state index is 10.5. The standard InChI is InChI=1S/C13H16O4S/c14-13(15)7-10-1-3-11(4-2-10)17-5-6-18-12-8-16-9-12/h1-4,12H,5-9H2,(H,14,15). The highest BCUT2D eigenvalue weighted by Gasteiger charge is 2.17. The van der Waals surface area contributed by atoms with Crippen LogP contribution >= 0.6 is 11.8 Å². The molecule has 0 unspecified atom stereocenters. The Morgan fingerprint density at radius 2 is 2.11 bits per heavy atom. The fraction of sp³-hybridized carbons (Fsp3) is 0.462. The SMILES string of the molecule is O=C(O)Cc1ccc(OCCSC2COC2)cc1. The topological polar surface area (TPSA) is 55.8 Å². The molecule has 0 aromatic heterocycles. The van der Waals surface area contributed by atoms with Crippen molar-refractivity contribution in [1.82, 2.24) is 0 Å². The normalized spacial score (nSPS) is 15.1. The van der Waals surface area contributed by atoms with Crippen molar-refractivity contribution in [3.05, 3.63) is 29.8 Å². The molecule has 1 aliphatic rings. The van der Waals surface area contributed by atoms with E-state index in [9.17, 15) is 4.79 Å². The summed E-state index contributed by atoms with van der Waals surface area (Å²) in [6, 6.07) is 7.21. The van der Waals surface area contributed by atoms with Gasteiger partial charge in [-0.2, -0.15) is 11.8 Å². The lowest BCUT2D eigenvalue weighted by atomic mass is 10.1. The number of hydrogen-bond acceptors (Lipinski definition) is 4. The summed E-state index contributed by atoms with van der Waals surface area (Å²) in [5.74, 6) is 0.919. The molecule has 0 bridgehead atoms. The first-order valence-corrected chi connectivity index (χ1v) is 6.92. The summed E-state index contributed by atoms with van der Waals surface area (Å²) in [5.41, 5.74) is 0.788. The molecule has 0 amide bonds. The molecule has 0 aliphatic carbocycles. The number of aliphatic carboxylic acids is 1. The first-order valence-electron chi connectivity index (χ1n) is 5.87. The van der Waals surface area contributed by atoms with Crippen LogP contribution < -0.4 is 4.74 Å². The van der Waals surface area contributed by atoms with Gasteiger partial charge in [-0.25, -0.2) is 0 Å². The van der Waals surface area contributed by atoms with E-state index in [2.05, 4.69) is 0 Å². The van der Waals surface area contributed by atoms with Crippen LogP contribution in [0.2, 0.25) is 0 Å². The van der Waals surface area contributed by atoms with Crippen LogP contribution in [-0.4, -0.2) is 41.9 Å². The second-order valence-corrected chi connectivity index (χ2v) is 5.50. The van der Waals surface area contributed by atoms with Gasteiger partial charge in [0.25, 0.3) is 0 Å². The minimum atomic E-state index is -0.817. The van der Waals surface area contributed by atoms with Crippen LogP contribution in [-0.2, 0) is 16.0 Å². The zero-order chi connectivity index (χ0) is 12.8. The van der Waals surface area contributed by atoms with Crippen molar-refractivity contribution in [2.45, 2.75) is 11.7 Å². The van der Waals surface area contributed by atoms with E-state index in [0.29, 0.717) is 11.9 Å². The van der Waals surface area contributed by atoms with E-state index in [1.54, 1.807) is 12.1 Å². The number of hydrogen-bond donors (Lipinski definition) is 1. The average molecular weight is 268 g/mol. The lowest BCUT2D eigenvalue weighted by molar-refractivity contribution is -0.136. The highest BCUT2D eigenvalue weighted by Crippen LogP contribution is 2.19. The van der Waals surface area contributed by atoms with Crippen LogP contribution in [0.15, 0.2) is 24.3 Å². The zero-order valence-electron chi connectivity index (χ0n) is 10.0. The summed E-state index contributed by atoms with van der Waals surface area (Å²) < 4.78 is 10.7. The smallest absolute Gasteiger partial charge is 0.307 e. The maximum Gasteiger partial charge on any atom is 0.307 e. The van der Waals surface area contributed by atoms with Gasteiger partial charge in [0.15, 0.2) is 0 Å². The second-order valence-electron chi connectivity index (χ2n) is 4.09. The highest BCUT2D eigenvalue weighted by atomic mass is 32.2. The van der Waals surface area contributed by atoms with Crippen molar-refractivity contribution in [1.29, 1.82) is 0 Å². The molecule has 98 valence electrons. The Hall–Kier alpha value is -1.20. The third kappa shape index (κ3) is 4.23. The van der Waals surface area contributed by atoms with Gasteiger partial charge in [-0.05, 0) is 17.7 Å². The average Bonchev–Trinajstić information content (AvgIpc) is 2.28. The van der Waals surface area contributed by atoms with Crippen LogP contribution in [0, 0.1) is 0 Å². The molecule has 0 spiro atoms. The minimum Gasteiger partial charge on any atom is -0.493 e. The van der Waals surface area contributed by atoms with E-state index in [4.69, 9.17) is 14.6 Å². The molecule has 4 nitrogen and oxygen atoms in total. The molecule has 0 saturated carbocycles. The third-order valence-corrected chi connectivity index (χ3v) is 3.74. The van der Waals surface area contributed by atoms with Crippen LogP contribution in [0.25, 0.3) is 0 Å². The van der Waals surface area contributed by atoms with E-state index in [1.165, 1.54) is 0 Å². The Morgan fingerprint density at radius 3 is 2.67 bits per heavy atom. The van der Waals surface area contributed by atoms with Crippen molar-refractivity contribution in [2.24, 2.45) is 0 Å². The molecular formula is C13H16O4S. The lowest BCUT2D eigenvalue weighted by Gasteiger charge is -2.25. The largest absolute Gasteiger partial charge is 0.493 e. The maximum atomic E-state index is 10.5. The summed E-state index contributed by atoms with van der Waals surface area (Å²) >= 11 is 1.87. The van der Waals surface area contributed by atoms with Gasteiger partial charge in [0.2, 0.25) is 0 Å². The zero-order valence-corrected chi connectivity index (χ0v) is 10.8. The summed E-state index contributed by atoms with van der Waals surface area (Å²) in [6.07, 6.45) is 0.0534. The van der Waals surface area contributed by atoms with Crippen molar-refractivity contribution in [2.75, 3.05) is 25.6 Å². The van der Waals surface area contributed by atoms with Crippen molar-refractivity contribution in [3.8, 4) is 5.75 Å². The van der Waals surface area contributed by atoms with Gasteiger partial charge in [-0.3, -0.25) is 4.79 Å².